The first-order chi connectivity index (χ1) is 42.1. The molecule has 7 aromatic carbocycles. The minimum absolute atomic E-state index is 0.246. The van der Waals surface area contributed by atoms with Gasteiger partial charge in [-0.05, 0) is 133 Å². The van der Waals surface area contributed by atoms with Crippen molar-refractivity contribution in [2.75, 3.05) is 31.9 Å². The third-order valence-corrected chi connectivity index (χ3v) is 18.9. The predicted octanol–water partition coefficient (Wildman–Crippen LogP) is 3.17. The van der Waals surface area contributed by atoms with Crippen molar-refractivity contribution in [3.63, 3.8) is 0 Å². The van der Waals surface area contributed by atoms with E-state index in [1.54, 1.807) is 0 Å². The Labute approximate surface area is 517 Å². The smallest absolute Gasteiger partial charge is 0.296 e. The van der Waals surface area contributed by atoms with Crippen molar-refractivity contribution in [2.24, 2.45) is 0 Å². The largest absolute Gasteiger partial charge is 0.322 e. The normalized spacial score (nSPS) is 12.4. The van der Waals surface area contributed by atoms with Gasteiger partial charge in [0.2, 0.25) is 0 Å². The lowest BCUT2D eigenvalue weighted by molar-refractivity contribution is 0.101. The average molecular weight is 1430 g/mol. The van der Waals surface area contributed by atoms with E-state index >= 15 is 0 Å². The summed E-state index contributed by atoms with van der Waals surface area (Å²) in [7, 11) is -42.2. The molecule has 92 heavy (non-hydrogen) atoms. The van der Waals surface area contributed by atoms with Gasteiger partial charge in [0.15, 0.2) is 0 Å². The molecule has 7 aromatic rings. The minimum atomic E-state index is -5.43. The number of hydrogen-bond acceptors (Lipinski definition) is 22. The molecule has 0 aliphatic heterocycles. The zero-order valence-electron chi connectivity index (χ0n) is 44.5. The zero-order valence-corrected chi connectivity index (χ0v) is 51.1. The Balaban J connectivity index is 1.23. The summed E-state index contributed by atoms with van der Waals surface area (Å²) in [6.07, 6.45) is 0. The molecule has 7 rings (SSSR count). The van der Waals surface area contributed by atoms with Gasteiger partial charge in [-0.2, -0.15) is 67.3 Å². The third kappa shape index (κ3) is 17.2. The zero-order chi connectivity index (χ0) is 68.8. The summed E-state index contributed by atoms with van der Waals surface area (Å²) in [5.41, 5.74) is -8.04. The van der Waals surface area contributed by atoms with Crippen LogP contribution < -0.4 is 31.9 Å². The highest BCUT2D eigenvalue weighted by atomic mass is 32.2. The predicted molar refractivity (Wildman–Crippen MR) is 311 cm³/mol. The molecule has 0 unspecified atom stereocenters. The fraction of sp³-hybridized carbons (Fsp3) is 0. The molecule has 0 fully saturated rings. The molecule has 486 valence electrons. The van der Waals surface area contributed by atoms with E-state index in [9.17, 15) is 133 Å². The lowest BCUT2D eigenvalue weighted by atomic mass is 10.1. The number of rotatable bonds is 20. The van der Waals surface area contributed by atoms with Gasteiger partial charge in [0.25, 0.3) is 116 Å². The van der Waals surface area contributed by atoms with Crippen molar-refractivity contribution in [3.8, 4) is 0 Å². The van der Waals surface area contributed by atoms with Crippen molar-refractivity contribution in [1.82, 2.24) is 0 Å². The van der Waals surface area contributed by atoms with Gasteiger partial charge in [0.05, 0.1) is 42.3 Å². The molecular weight excluding hydrogens is 1400 g/mol. The Hall–Kier alpha value is -9.36. The molecule has 0 aliphatic rings. The molecule has 0 aliphatic carbocycles. The van der Waals surface area contributed by atoms with Gasteiger partial charge in [0.1, 0.15) is 19.6 Å². The first-order valence-electron chi connectivity index (χ1n) is 23.7. The highest BCUT2D eigenvalue weighted by molar-refractivity contribution is 7.88. The summed E-state index contributed by atoms with van der Waals surface area (Å²) in [6, 6.07) is 14.4. The van der Waals surface area contributed by atoms with Crippen molar-refractivity contribution in [2.45, 2.75) is 39.2 Å². The second-order valence-corrected chi connectivity index (χ2v) is 29.6. The van der Waals surface area contributed by atoms with Crippen LogP contribution in [0.25, 0.3) is 0 Å². The molecule has 0 saturated carbocycles. The highest BCUT2D eigenvalue weighted by Crippen LogP contribution is 2.32. The molecule has 0 bridgehead atoms. The van der Waals surface area contributed by atoms with E-state index in [4.69, 9.17) is 0 Å². The molecule has 44 heteroatoms. The van der Waals surface area contributed by atoms with E-state index < -0.39 is 212 Å². The summed E-state index contributed by atoms with van der Waals surface area (Å²) in [6.45, 7) is 0. The van der Waals surface area contributed by atoms with Gasteiger partial charge in [-0.3, -0.25) is 65.2 Å². The maximum Gasteiger partial charge on any atom is 0.296 e. The lowest BCUT2D eigenvalue weighted by Crippen LogP contribution is -2.20. The standard InChI is InChI=1S/C48H36N6O30S8/c55-43(49-29-15-25(45(57)51-35-9-5-31(85(61,62)63)19-39(35)89(73,74)75)13-26(16-29)46(58)52-36-10-6-32(86(64,65)66)20-40(36)90(76,77)78)23-1-2-24(4-3-23)44(56)50-30-17-27(47(59)53-37-11-7-33(87(67,68)69)21-41(37)91(79,80)81)14-28(18-30)48(60)54-38-12-8-34(88(70,71)72)22-42(38)92(82,83)84/h1-22H,(H,49,55)(H,50,56)(H,51,57)(H,52,58)(H,53,59)(H,54,60)(H,61,62,63)(H,64,65,66)(H,67,68,69)(H,70,71,72)(H,73,74,75)(H,76,77,78)(H,79,80,81)(H,82,83,84). The van der Waals surface area contributed by atoms with Gasteiger partial charge in [-0.15, -0.1) is 0 Å². The molecule has 0 spiro atoms. The van der Waals surface area contributed by atoms with Gasteiger partial charge < -0.3 is 31.9 Å². The maximum absolute atomic E-state index is 13.8. The van der Waals surface area contributed by atoms with Crippen molar-refractivity contribution in [1.29, 1.82) is 0 Å². The van der Waals surface area contributed by atoms with Crippen LogP contribution >= 0.6 is 0 Å². The quantitative estimate of drug-likeness (QED) is 0.0487. The average Bonchev–Trinajstić information content (AvgIpc) is 1.28. The number of carbonyl (C=O) groups is 6. The molecular formula is C48H36N6O30S8. The number of nitrogens with one attached hydrogen (secondary N) is 6. The van der Waals surface area contributed by atoms with E-state index in [1.807, 2.05) is 21.3 Å². The van der Waals surface area contributed by atoms with Gasteiger partial charge in [-0.1, -0.05) is 0 Å². The molecule has 36 nitrogen and oxygen atoms in total. The molecule has 6 amide bonds. The van der Waals surface area contributed by atoms with Crippen LogP contribution in [0.15, 0.2) is 173 Å². The van der Waals surface area contributed by atoms with Crippen LogP contribution in [0.5, 0.6) is 0 Å². The molecule has 0 saturated heterocycles. The number of hydrogen-bond donors (Lipinski definition) is 14. The number of benzene rings is 7. The van der Waals surface area contributed by atoms with Crippen molar-refractivity contribution in [3.05, 3.63) is 167 Å². The van der Waals surface area contributed by atoms with Crippen LogP contribution in [0, 0.1) is 0 Å². The van der Waals surface area contributed by atoms with Crippen molar-refractivity contribution < 1.29 is 133 Å². The van der Waals surface area contributed by atoms with E-state index in [0.717, 1.165) is 48.5 Å². The molecule has 0 aromatic heterocycles. The van der Waals surface area contributed by atoms with Gasteiger partial charge in [0, 0.05) is 44.8 Å². The lowest BCUT2D eigenvalue weighted by Gasteiger charge is -2.15. The van der Waals surface area contributed by atoms with Crippen LogP contribution in [0.4, 0.5) is 34.1 Å². The molecule has 0 radical (unpaired) electrons. The van der Waals surface area contributed by atoms with E-state index in [0.29, 0.717) is 60.7 Å². The summed E-state index contributed by atoms with van der Waals surface area (Å²) >= 11 is 0. The van der Waals surface area contributed by atoms with Gasteiger partial charge in [-0.25, -0.2) is 0 Å². The number of carbonyl (C=O) groups excluding carboxylic acids is 6. The van der Waals surface area contributed by atoms with Crippen LogP contribution in [0.3, 0.4) is 0 Å². The van der Waals surface area contributed by atoms with Crippen LogP contribution in [-0.4, -0.2) is 139 Å². The highest BCUT2D eigenvalue weighted by Gasteiger charge is 2.29. The molecule has 14 N–H and O–H groups in total. The Kier molecular flexibility index (Phi) is 19.3. The summed E-state index contributed by atoms with van der Waals surface area (Å²) in [5, 5.41) is 12.6. The summed E-state index contributed by atoms with van der Waals surface area (Å²) < 4.78 is 270. The topological polar surface area (TPSA) is 610 Å². The fourth-order valence-corrected chi connectivity index (χ4v) is 12.8. The first-order valence-corrected chi connectivity index (χ1v) is 35.2. The summed E-state index contributed by atoms with van der Waals surface area (Å²) in [5.74, 6) is -7.94. The number of anilines is 6. The second-order valence-electron chi connectivity index (χ2n) is 18.3. The Bertz CT molecular complexity index is 4720. The third-order valence-electron chi connectivity index (χ3n) is 11.9. The molecule has 0 atom stereocenters. The monoisotopic (exact) mass is 1430 g/mol. The summed E-state index contributed by atoms with van der Waals surface area (Å²) in [4.78, 5) is 73.4. The van der Waals surface area contributed by atoms with Crippen LogP contribution in [0.2, 0.25) is 0 Å². The van der Waals surface area contributed by atoms with Gasteiger partial charge >= 0.3 is 0 Å². The molecule has 0 heterocycles. The van der Waals surface area contributed by atoms with Crippen LogP contribution in [0.1, 0.15) is 62.1 Å². The first kappa shape index (κ1) is 70.1. The Morgan fingerprint density at radius 2 is 0.402 bits per heavy atom. The second kappa shape index (κ2) is 25.4. The van der Waals surface area contributed by atoms with Crippen molar-refractivity contribution >= 4 is 151 Å². The Morgan fingerprint density at radius 1 is 0.217 bits per heavy atom. The van der Waals surface area contributed by atoms with Crippen LogP contribution in [-0.2, 0) is 80.9 Å². The van der Waals surface area contributed by atoms with E-state index in [-0.39, 0.29) is 35.4 Å². The Morgan fingerprint density at radius 3 is 0.576 bits per heavy atom. The maximum atomic E-state index is 13.8. The SMILES string of the molecule is O=C(Nc1cc(C(=O)Nc2ccc(S(=O)(=O)O)cc2S(=O)(=O)O)cc(C(=O)Nc2ccc(S(=O)(=O)O)cc2S(=O)(=O)O)c1)c1ccc(C(=O)Nc2cc(C(=O)Nc3ccc(S(=O)(=O)O)cc3S(=O)(=O)O)cc(C(=O)Nc3ccc(S(=O)(=O)O)cc3S(=O)(=O)O)c2)cc1. The minimum Gasteiger partial charge on any atom is -0.322 e. The van der Waals surface area contributed by atoms with E-state index in [1.165, 1.54) is 0 Å². The number of amides is 6. The fourth-order valence-electron chi connectivity index (χ4n) is 7.80. The van der Waals surface area contributed by atoms with E-state index in [2.05, 4.69) is 10.6 Å².